The van der Waals surface area contributed by atoms with E-state index in [9.17, 15) is 13.2 Å². The summed E-state index contributed by atoms with van der Waals surface area (Å²) >= 11 is 1.68. The second kappa shape index (κ2) is 4.52. The molecular weight excluding hydrogens is 283 g/mol. The van der Waals surface area contributed by atoms with Gasteiger partial charge in [-0.2, -0.15) is 13.2 Å². The highest BCUT2D eigenvalue weighted by Gasteiger charge is 2.37. The molecule has 1 unspecified atom stereocenters. The third-order valence-electron chi connectivity index (χ3n) is 3.65. The van der Waals surface area contributed by atoms with Gasteiger partial charge in [0.05, 0.1) is 17.3 Å². The van der Waals surface area contributed by atoms with Crippen molar-refractivity contribution in [2.24, 2.45) is 0 Å². The molecule has 20 heavy (non-hydrogen) atoms. The molecule has 1 aromatic carbocycles. The van der Waals surface area contributed by atoms with Crippen molar-refractivity contribution >= 4 is 17.0 Å². The molecule has 1 aromatic heterocycles. The molecule has 1 nitrogen and oxygen atoms in total. The molecule has 1 N–H and O–H groups in total. The van der Waals surface area contributed by atoms with E-state index < -0.39 is 11.7 Å². The summed E-state index contributed by atoms with van der Waals surface area (Å²) in [6.45, 7) is 4.03. The fourth-order valence-electron chi connectivity index (χ4n) is 2.81. The second-order valence-electron chi connectivity index (χ2n) is 5.11. The van der Waals surface area contributed by atoms with Gasteiger partial charge >= 0.3 is 6.18 Å². The predicted octanol–water partition coefficient (Wildman–Crippen LogP) is 5.09. The van der Waals surface area contributed by atoms with Crippen LogP contribution in [0.5, 0.6) is 0 Å². The van der Waals surface area contributed by atoms with Crippen LogP contribution in [0.4, 0.5) is 18.9 Å². The first-order valence-corrected chi connectivity index (χ1v) is 7.20. The lowest BCUT2D eigenvalue weighted by molar-refractivity contribution is -0.136. The normalized spacial score (nSPS) is 17.9. The Balaban J connectivity index is 1.99. The van der Waals surface area contributed by atoms with Crippen LogP contribution >= 0.6 is 11.3 Å². The lowest BCUT2D eigenvalue weighted by Gasteiger charge is -2.14. The number of fused-ring (bicyclic) bond motifs is 1. The van der Waals surface area contributed by atoms with E-state index in [1.165, 1.54) is 15.8 Å². The average Bonchev–Trinajstić information content (AvgIpc) is 2.89. The van der Waals surface area contributed by atoms with E-state index in [0.717, 1.165) is 17.2 Å². The number of thiophene rings is 1. The first kappa shape index (κ1) is 13.5. The topological polar surface area (TPSA) is 12.0 Å². The van der Waals surface area contributed by atoms with Crippen LogP contribution in [-0.4, -0.2) is 0 Å². The molecule has 106 valence electrons. The summed E-state index contributed by atoms with van der Waals surface area (Å²) in [5.41, 5.74) is 1.53. The third kappa shape index (κ3) is 2.20. The molecule has 2 aromatic rings. The van der Waals surface area contributed by atoms with Gasteiger partial charge in [-0.05, 0) is 43.5 Å². The zero-order valence-corrected chi connectivity index (χ0v) is 12.0. The monoisotopic (exact) mass is 297 g/mol. The van der Waals surface area contributed by atoms with Crippen LogP contribution < -0.4 is 5.32 Å². The Labute approximate surface area is 119 Å². The molecule has 1 aliphatic rings. The van der Waals surface area contributed by atoms with Gasteiger partial charge < -0.3 is 5.32 Å². The Bertz CT molecular complexity index is 658. The number of anilines is 1. The fraction of sp³-hybridized carbons (Fsp3) is 0.333. The zero-order chi connectivity index (χ0) is 14.5. The minimum Gasteiger partial charge on any atom is -0.377 e. The minimum atomic E-state index is -4.31. The zero-order valence-electron chi connectivity index (χ0n) is 11.1. The molecule has 0 fully saturated rings. The van der Waals surface area contributed by atoms with Crippen LogP contribution in [0.3, 0.4) is 0 Å². The summed E-state index contributed by atoms with van der Waals surface area (Å²) in [7, 11) is 0. The van der Waals surface area contributed by atoms with Gasteiger partial charge in [-0.25, -0.2) is 0 Å². The number of benzene rings is 1. The van der Waals surface area contributed by atoms with Crippen LogP contribution in [0, 0.1) is 13.8 Å². The van der Waals surface area contributed by atoms with Crippen molar-refractivity contribution in [2.45, 2.75) is 32.5 Å². The van der Waals surface area contributed by atoms with Gasteiger partial charge in [-0.1, -0.05) is 12.1 Å². The summed E-state index contributed by atoms with van der Waals surface area (Å²) in [6.07, 6.45) is -3.71. The minimum absolute atomic E-state index is 0.0570. The Hall–Kier alpha value is -1.49. The van der Waals surface area contributed by atoms with Crippen molar-refractivity contribution in [3.8, 4) is 0 Å². The molecule has 0 radical (unpaired) electrons. The largest absolute Gasteiger partial charge is 0.418 e. The van der Waals surface area contributed by atoms with E-state index in [4.69, 9.17) is 0 Å². The summed E-state index contributed by atoms with van der Waals surface area (Å²) in [5.74, 6) is 0. The van der Waals surface area contributed by atoms with Crippen molar-refractivity contribution in [3.63, 3.8) is 0 Å². The maximum Gasteiger partial charge on any atom is 0.418 e. The number of alkyl halides is 3. The first-order chi connectivity index (χ1) is 9.36. The Morgan fingerprint density at radius 3 is 2.60 bits per heavy atom. The Kier molecular flexibility index (Phi) is 3.05. The lowest BCUT2D eigenvalue weighted by atomic mass is 10.0. The fourth-order valence-corrected chi connectivity index (χ4v) is 3.79. The van der Waals surface area contributed by atoms with Crippen LogP contribution in [0.15, 0.2) is 24.3 Å². The standard InChI is InChI=1S/C15H14F3NS/c1-8-6-11(9(2)20-8)13-7-10-4-3-5-12(14(10)19-13)15(16,17)18/h3-6,13,19H,7H2,1-2H3. The maximum atomic E-state index is 13.0. The van der Waals surface area contributed by atoms with E-state index in [1.54, 1.807) is 17.4 Å². The number of halogens is 3. The SMILES string of the molecule is Cc1cc(C2Cc3cccc(C(F)(F)F)c3N2)c(C)s1. The highest BCUT2D eigenvalue weighted by Crippen LogP contribution is 2.44. The lowest BCUT2D eigenvalue weighted by Crippen LogP contribution is -2.10. The molecule has 0 bridgehead atoms. The van der Waals surface area contributed by atoms with E-state index >= 15 is 0 Å². The third-order valence-corrected chi connectivity index (χ3v) is 4.64. The number of aryl methyl sites for hydroxylation is 2. The van der Waals surface area contributed by atoms with Gasteiger partial charge in [0.1, 0.15) is 0 Å². The second-order valence-corrected chi connectivity index (χ2v) is 6.57. The quantitative estimate of drug-likeness (QED) is 0.772. The number of nitrogens with one attached hydrogen (secondary N) is 1. The van der Waals surface area contributed by atoms with Crippen LogP contribution in [-0.2, 0) is 12.6 Å². The number of rotatable bonds is 1. The van der Waals surface area contributed by atoms with Crippen molar-refractivity contribution in [1.82, 2.24) is 0 Å². The molecule has 1 atom stereocenters. The molecule has 2 heterocycles. The van der Waals surface area contributed by atoms with Crippen molar-refractivity contribution in [3.05, 3.63) is 50.7 Å². The van der Waals surface area contributed by atoms with Gasteiger partial charge in [0.15, 0.2) is 0 Å². The average molecular weight is 297 g/mol. The number of hydrogen-bond acceptors (Lipinski definition) is 2. The number of para-hydroxylation sites is 1. The van der Waals surface area contributed by atoms with Crippen LogP contribution in [0.1, 0.15) is 32.5 Å². The molecule has 0 amide bonds. The summed E-state index contributed by atoms with van der Waals surface area (Å²) < 4.78 is 39.1. The summed E-state index contributed by atoms with van der Waals surface area (Å²) in [4.78, 5) is 2.35. The van der Waals surface area contributed by atoms with E-state index in [1.807, 2.05) is 13.8 Å². The molecule has 5 heteroatoms. The van der Waals surface area contributed by atoms with E-state index in [-0.39, 0.29) is 11.7 Å². The molecule has 0 aliphatic carbocycles. The maximum absolute atomic E-state index is 13.0. The van der Waals surface area contributed by atoms with Gasteiger partial charge in [-0.3, -0.25) is 0 Å². The molecule has 3 rings (SSSR count). The smallest absolute Gasteiger partial charge is 0.377 e. The molecule has 0 saturated heterocycles. The van der Waals surface area contributed by atoms with Gasteiger partial charge in [-0.15, -0.1) is 11.3 Å². The highest BCUT2D eigenvalue weighted by atomic mass is 32.1. The van der Waals surface area contributed by atoms with Crippen molar-refractivity contribution in [2.75, 3.05) is 5.32 Å². The molecular formula is C15H14F3NS. The molecule has 0 saturated carbocycles. The number of hydrogen-bond donors (Lipinski definition) is 1. The van der Waals surface area contributed by atoms with Gasteiger partial charge in [0.25, 0.3) is 0 Å². The van der Waals surface area contributed by atoms with Crippen molar-refractivity contribution < 1.29 is 13.2 Å². The first-order valence-electron chi connectivity index (χ1n) is 6.39. The van der Waals surface area contributed by atoms with Crippen molar-refractivity contribution in [1.29, 1.82) is 0 Å². The molecule has 1 aliphatic heterocycles. The Morgan fingerprint density at radius 2 is 2.00 bits per heavy atom. The predicted molar refractivity (Wildman–Crippen MR) is 75.3 cm³/mol. The highest BCUT2D eigenvalue weighted by molar-refractivity contribution is 7.12. The van der Waals surface area contributed by atoms with Gasteiger partial charge in [0.2, 0.25) is 0 Å². The van der Waals surface area contributed by atoms with E-state index in [2.05, 4.69) is 11.4 Å². The summed E-state index contributed by atoms with van der Waals surface area (Å²) in [5, 5.41) is 3.07. The summed E-state index contributed by atoms with van der Waals surface area (Å²) in [6, 6.07) is 6.40. The van der Waals surface area contributed by atoms with Gasteiger partial charge in [0, 0.05) is 9.75 Å². The Morgan fingerprint density at radius 1 is 1.25 bits per heavy atom. The van der Waals surface area contributed by atoms with Crippen LogP contribution in [0.25, 0.3) is 0 Å². The molecule has 0 spiro atoms. The van der Waals surface area contributed by atoms with E-state index in [0.29, 0.717) is 6.42 Å². The van der Waals surface area contributed by atoms with Crippen LogP contribution in [0.2, 0.25) is 0 Å².